The van der Waals surface area contributed by atoms with Gasteiger partial charge in [-0.25, -0.2) is 0 Å². The lowest BCUT2D eigenvalue weighted by Gasteiger charge is -2.35. The Morgan fingerprint density at radius 2 is 2.16 bits per heavy atom. The Kier molecular flexibility index (Phi) is 2.64. The van der Waals surface area contributed by atoms with Crippen molar-refractivity contribution in [2.45, 2.75) is 13.0 Å². The van der Waals surface area contributed by atoms with Crippen LogP contribution in [0.3, 0.4) is 0 Å². The maximum Gasteiger partial charge on any atom is 0.144 e. The van der Waals surface area contributed by atoms with Crippen LogP contribution in [0.25, 0.3) is 10.8 Å². The van der Waals surface area contributed by atoms with Gasteiger partial charge in [0.25, 0.3) is 0 Å². The van der Waals surface area contributed by atoms with Gasteiger partial charge in [0.1, 0.15) is 23.6 Å². The molecule has 0 aromatic heterocycles. The molecule has 1 atom stereocenters. The van der Waals surface area contributed by atoms with Crippen molar-refractivity contribution in [1.29, 1.82) is 5.26 Å². The van der Waals surface area contributed by atoms with E-state index < -0.39 is 0 Å². The van der Waals surface area contributed by atoms with Crippen LogP contribution in [0.4, 0.5) is 5.69 Å². The summed E-state index contributed by atoms with van der Waals surface area (Å²) in [4.78, 5) is 1.95. The zero-order valence-electron chi connectivity index (χ0n) is 10.8. The summed E-state index contributed by atoms with van der Waals surface area (Å²) in [6.07, 6.45) is 0.0405. The molecule has 2 aromatic carbocycles. The third kappa shape index (κ3) is 1.82. The minimum Gasteiger partial charge on any atom is -0.487 e. The van der Waals surface area contributed by atoms with Gasteiger partial charge >= 0.3 is 0 Å². The van der Waals surface area contributed by atoms with E-state index in [9.17, 15) is 0 Å². The Bertz CT molecular complexity index is 699. The van der Waals surface area contributed by atoms with E-state index in [1.54, 1.807) is 0 Å². The molecule has 19 heavy (non-hydrogen) atoms. The van der Waals surface area contributed by atoms with Gasteiger partial charge in [-0.05, 0) is 18.4 Å². The summed E-state index contributed by atoms with van der Waals surface area (Å²) in [7, 11) is 0. The minimum atomic E-state index is 0.0405. The molecule has 2 aromatic rings. The number of allylic oxidation sites excluding steroid dienone is 1. The summed E-state index contributed by atoms with van der Waals surface area (Å²) in [5.41, 5.74) is 1.40. The van der Waals surface area contributed by atoms with Crippen molar-refractivity contribution in [3.05, 3.63) is 48.7 Å². The fourth-order valence-electron chi connectivity index (χ4n) is 2.52. The van der Waals surface area contributed by atoms with Crippen molar-refractivity contribution in [2.75, 3.05) is 11.4 Å². The minimum absolute atomic E-state index is 0.0405. The van der Waals surface area contributed by atoms with Crippen molar-refractivity contribution in [1.82, 2.24) is 0 Å². The molecule has 0 amide bonds. The first-order valence-corrected chi connectivity index (χ1v) is 6.25. The number of nitrogens with zero attached hydrogens (tertiary/aromatic N) is 2. The van der Waals surface area contributed by atoms with Crippen LogP contribution in [0.2, 0.25) is 0 Å². The van der Waals surface area contributed by atoms with Gasteiger partial charge in [-0.1, -0.05) is 36.9 Å². The second-order valence-electron chi connectivity index (χ2n) is 4.73. The highest BCUT2D eigenvalue weighted by molar-refractivity contribution is 5.98. The molecule has 0 saturated heterocycles. The summed E-state index contributed by atoms with van der Waals surface area (Å²) in [5.74, 6) is 0.814. The zero-order chi connectivity index (χ0) is 13.4. The first-order chi connectivity index (χ1) is 9.20. The van der Waals surface area contributed by atoms with Crippen molar-refractivity contribution >= 4 is 16.5 Å². The molecule has 3 heteroatoms. The molecular weight excluding hydrogens is 236 g/mol. The van der Waals surface area contributed by atoms with E-state index in [-0.39, 0.29) is 6.10 Å². The van der Waals surface area contributed by atoms with Crippen LogP contribution in [0.15, 0.2) is 48.7 Å². The lowest BCUT2D eigenvalue weighted by molar-refractivity contribution is 0.217. The number of fused-ring (bicyclic) bond motifs is 3. The quantitative estimate of drug-likeness (QED) is 0.727. The van der Waals surface area contributed by atoms with Crippen molar-refractivity contribution < 1.29 is 4.74 Å². The Labute approximate surface area is 112 Å². The van der Waals surface area contributed by atoms with Crippen LogP contribution in [-0.2, 0) is 0 Å². The van der Waals surface area contributed by atoms with Crippen molar-refractivity contribution in [2.24, 2.45) is 0 Å². The first-order valence-electron chi connectivity index (χ1n) is 6.25. The molecule has 3 rings (SSSR count). The van der Waals surface area contributed by atoms with E-state index in [0.29, 0.717) is 12.2 Å². The molecule has 0 spiro atoms. The molecule has 94 valence electrons. The molecular formula is C16H14N2O. The Hall–Kier alpha value is -2.47. The topological polar surface area (TPSA) is 36.3 Å². The van der Waals surface area contributed by atoms with E-state index in [4.69, 9.17) is 10.00 Å². The van der Waals surface area contributed by atoms with Gasteiger partial charge in [-0.2, -0.15) is 5.26 Å². The number of benzene rings is 2. The van der Waals surface area contributed by atoms with Gasteiger partial charge in [-0.3, -0.25) is 0 Å². The number of hydrogen-bond donors (Lipinski definition) is 0. The highest BCUT2D eigenvalue weighted by Crippen LogP contribution is 2.41. The number of anilines is 1. The monoisotopic (exact) mass is 250 g/mol. The Balaban J connectivity index is 2.28. The molecule has 0 bridgehead atoms. The van der Waals surface area contributed by atoms with E-state index in [0.717, 1.165) is 22.2 Å². The second kappa shape index (κ2) is 4.33. The summed E-state index contributed by atoms with van der Waals surface area (Å²) in [6.45, 7) is 6.49. The molecule has 0 saturated carbocycles. The fourth-order valence-corrected chi connectivity index (χ4v) is 2.52. The smallest absolute Gasteiger partial charge is 0.144 e. The number of ether oxygens (including phenoxy) is 1. The largest absolute Gasteiger partial charge is 0.487 e. The molecule has 1 unspecified atom stereocenters. The number of nitriles is 1. The summed E-state index contributed by atoms with van der Waals surface area (Å²) in [6, 6.07) is 14.2. The molecule has 0 fully saturated rings. The summed E-state index contributed by atoms with van der Waals surface area (Å²) < 4.78 is 5.87. The molecule has 0 N–H and O–H groups in total. The van der Waals surface area contributed by atoms with Crippen LogP contribution in [-0.4, -0.2) is 12.6 Å². The van der Waals surface area contributed by atoms with Crippen molar-refractivity contribution in [3.63, 3.8) is 0 Å². The predicted octanol–water partition coefficient (Wildman–Crippen LogP) is 3.46. The van der Waals surface area contributed by atoms with E-state index >= 15 is 0 Å². The van der Waals surface area contributed by atoms with Crippen LogP contribution in [0.1, 0.15) is 6.92 Å². The first kappa shape index (κ1) is 11.6. The third-order valence-corrected chi connectivity index (χ3v) is 3.36. The molecule has 1 heterocycles. The molecule has 0 aliphatic carbocycles. The van der Waals surface area contributed by atoms with E-state index in [1.165, 1.54) is 0 Å². The average molecular weight is 250 g/mol. The van der Waals surface area contributed by atoms with E-state index in [2.05, 4.69) is 18.7 Å². The Morgan fingerprint density at radius 1 is 1.37 bits per heavy atom. The van der Waals surface area contributed by atoms with Gasteiger partial charge in [0.15, 0.2) is 0 Å². The number of rotatable bonds is 1. The number of hydrogen-bond acceptors (Lipinski definition) is 3. The third-order valence-electron chi connectivity index (χ3n) is 3.36. The lowest BCUT2D eigenvalue weighted by atomic mass is 10.0. The summed E-state index contributed by atoms with van der Waals surface area (Å²) in [5, 5.41) is 11.4. The molecule has 1 aliphatic heterocycles. The highest BCUT2D eigenvalue weighted by Gasteiger charge is 2.26. The molecule has 1 aliphatic rings. The van der Waals surface area contributed by atoms with Gasteiger partial charge in [0.05, 0.1) is 12.2 Å². The average Bonchev–Trinajstić information content (AvgIpc) is 2.45. The van der Waals surface area contributed by atoms with Crippen LogP contribution < -0.4 is 9.64 Å². The maximum absolute atomic E-state index is 9.14. The van der Waals surface area contributed by atoms with Gasteiger partial charge < -0.3 is 9.64 Å². The van der Waals surface area contributed by atoms with Gasteiger partial charge in [0, 0.05) is 5.39 Å². The van der Waals surface area contributed by atoms with Crippen LogP contribution in [0.5, 0.6) is 5.75 Å². The van der Waals surface area contributed by atoms with Crippen LogP contribution in [0, 0.1) is 11.3 Å². The SMILES string of the molecule is C=C(C#N)N1CC(C)Oc2ccc3ccccc3c21. The summed E-state index contributed by atoms with van der Waals surface area (Å²) >= 11 is 0. The Morgan fingerprint density at radius 3 is 2.95 bits per heavy atom. The molecule has 0 radical (unpaired) electrons. The zero-order valence-corrected chi connectivity index (χ0v) is 10.8. The van der Waals surface area contributed by atoms with Gasteiger partial charge in [0.2, 0.25) is 0 Å². The van der Waals surface area contributed by atoms with E-state index in [1.807, 2.05) is 42.2 Å². The van der Waals surface area contributed by atoms with Crippen LogP contribution >= 0.6 is 0 Å². The predicted molar refractivity (Wildman–Crippen MR) is 76.1 cm³/mol. The van der Waals surface area contributed by atoms with Gasteiger partial charge in [-0.15, -0.1) is 0 Å². The normalized spacial score (nSPS) is 17.5. The standard InChI is InChI=1S/C16H14N2O/c1-11(9-17)18-10-12(2)19-15-8-7-13-5-3-4-6-14(13)16(15)18/h3-8,12H,1,10H2,2H3. The highest BCUT2D eigenvalue weighted by atomic mass is 16.5. The maximum atomic E-state index is 9.14. The lowest BCUT2D eigenvalue weighted by Crippen LogP contribution is -2.37. The fraction of sp³-hybridized carbons (Fsp3) is 0.188. The van der Waals surface area contributed by atoms with Crippen molar-refractivity contribution in [3.8, 4) is 11.8 Å². The molecule has 3 nitrogen and oxygen atoms in total. The second-order valence-corrected chi connectivity index (χ2v) is 4.73.